The Morgan fingerprint density at radius 2 is 2.22 bits per heavy atom. The van der Waals surface area contributed by atoms with E-state index in [0.717, 1.165) is 25.7 Å². The van der Waals surface area contributed by atoms with Gasteiger partial charge >= 0.3 is 5.63 Å². The number of aliphatic imine (C=N–C) groups is 1. The first-order valence-electron chi connectivity index (χ1n) is 11.3. The molecule has 0 bridgehead atoms. The molecule has 2 atom stereocenters. The number of unbranched alkanes of at least 4 members (excludes halogenated alkanes) is 1. The van der Waals surface area contributed by atoms with Crippen LogP contribution < -0.4 is 15.7 Å². The number of nitrogens with zero attached hydrogens (tertiary/aromatic N) is 2. The van der Waals surface area contributed by atoms with Gasteiger partial charge in [-0.3, -0.25) is 9.63 Å². The summed E-state index contributed by atoms with van der Waals surface area (Å²) in [6.45, 7) is 3.22. The number of aliphatic hydroxyl groups excluding tert-OH is 1. The van der Waals surface area contributed by atoms with E-state index in [9.17, 15) is 9.59 Å². The number of aliphatic hydroxyl groups is 1. The molecule has 0 spiro atoms. The maximum absolute atomic E-state index is 12.9. The van der Waals surface area contributed by atoms with E-state index in [0.29, 0.717) is 54.4 Å². The molecular formula is C22H33N3O6S. The lowest BCUT2D eigenvalue weighted by Crippen LogP contribution is -2.37. The molecule has 9 nitrogen and oxygen atoms in total. The Morgan fingerprint density at radius 3 is 2.94 bits per heavy atom. The zero-order valence-electron chi connectivity index (χ0n) is 18.7. The average molecular weight is 468 g/mol. The number of thioether (sulfide) groups is 1. The zero-order valence-corrected chi connectivity index (χ0v) is 19.6. The molecule has 178 valence electrons. The van der Waals surface area contributed by atoms with Crippen LogP contribution >= 0.6 is 11.8 Å². The normalized spacial score (nSPS) is 18.8. The highest BCUT2D eigenvalue weighted by Crippen LogP contribution is 2.30. The molecule has 2 aliphatic rings. The molecule has 1 aromatic rings. The number of carbonyl (C=O) groups excluding carboxylic acids is 1. The lowest BCUT2D eigenvalue weighted by molar-refractivity contribution is -0.122. The molecule has 1 amide bonds. The van der Waals surface area contributed by atoms with Crippen LogP contribution in [-0.2, 0) is 9.63 Å². The van der Waals surface area contributed by atoms with Gasteiger partial charge in [0.15, 0.2) is 5.17 Å². The highest BCUT2D eigenvalue weighted by Gasteiger charge is 2.30. The van der Waals surface area contributed by atoms with Crippen LogP contribution in [0.3, 0.4) is 0 Å². The number of nitrogens with one attached hydrogen (secondary N) is 1. The van der Waals surface area contributed by atoms with Gasteiger partial charge < -0.3 is 19.6 Å². The fraction of sp³-hybridized carbons (Fsp3) is 0.682. The smallest absolute Gasteiger partial charge is 0.339 e. The van der Waals surface area contributed by atoms with E-state index < -0.39 is 17.7 Å². The van der Waals surface area contributed by atoms with Crippen LogP contribution in [0.5, 0.6) is 5.75 Å². The Labute approximate surface area is 192 Å². The van der Waals surface area contributed by atoms with Crippen molar-refractivity contribution >= 4 is 22.8 Å². The van der Waals surface area contributed by atoms with Crippen molar-refractivity contribution in [2.24, 2.45) is 10.9 Å². The number of ether oxygens (including phenoxy) is 1. The second-order valence-electron chi connectivity index (χ2n) is 8.12. The SMILES string of the molecule is CCCC(NC(=O)C1CSC(N(C)OCCCCO)=N1)c1cc(OCC2CC2)cc(=O)o1. The van der Waals surface area contributed by atoms with Gasteiger partial charge in [0.05, 0.1) is 25.3 Å². The molecule has 2 N–H and O–H groups in total. The molecule has 2 heterocycles. The van der Waals surface area contributed by atoms with E-state index in [4.69, 9.17) is 19.1 Å². The number of amidine groups is 1. The number of hydroxylamine groups is 2. The monoisotopic (exact) mass is 467 g/mol. The highest BCUT2D eigenvalue weighted by molar-refractivity contribution is 8.14. The fourth-order valence-electron chi connectivity index (χ4n) is 3.21. The Bertz CT molecular complexity index is 841. The van der Waals surface area contributed by atoms with E-state index in [1.54, 1.807) is 18.2 Å². The van der Waals surface area contributed by atoms with Crippen LogP contribution in [0, 0.1) is 5.92 Å². The quantitative estimate of drug-likeness (QED) is 0.336. The van der Waals surface area contributed by atoms with E-state index in [-0.39, 0.29) is 12.5 Å². The van der Waals surface area contributed by atoms with Gasteiger partial charge in [0.2, 0.25) is 5.91 Å². The summed E-state index contributed by atoms with van der Waals surface area (Å²) >= 11 is 1.45. The molecule has 1 aromatic heterocycles. The van der Waals surface area contributed by atoms with Crippen LogP contribution in [0.15, 0.2) is 26.3 Å². The van der Waals surface area contributed by atoms with E-state index in [1.165, 1.54) is 17.8 Å². The summed E-state index contributed by atoms with van der Waals surface area (Å²) in [6, 6.07) is 2.08. The van der Waals surface area contributed by atoms with Crippen LogP contribution in [0.25, 0.3) is 0 Å². The molecule has 1 fully saturated rings. The van der Waals surface area contributed by atoms with Crippen molar-refractivity contribution in [3.63, 3.8) is 0 Å². The van der Waals surface area contributed by atoms with Crippen LogP contribution in [0.4, 0.5) is 0 Å². The Kier molecular flexibility index (Phi) is 9.43. The molecule has 3 rings (SSSR count). The van der Waals surface area contributed by atoms with Crippen LogP contribution in [-0.4, -0.2) is 59.9 Å². The molecule has 0 radical (unpaired) electrons. The summed E-state index contributed by atoms with van der Waals surface area (Å²) < 4.78 is 11.1. The van der Waals surface area contributed by atoms with E-state index in [1.807, 2.05) is 6.92 Å². The van der Waals surface area contributed by atoms with Crippen molar-refractivity contribution in [2.45, 2.75) is 57.5 Å². The topological polar surface area (TPSA) is 114 Å². The molecule has 1 aliphatic heterocycles. The van der Waals surface area contributed by atoms with E-state index >= 15 is 0 Å². The summed E-state index contributed by atoms with van der Waals surface area (Å²) in [5.41, 5.74) is -0.486. The average Bonchev–Trinajstić information content (AvgIpc) is 3.47. The molecule has 1 aliphatic carbocycles. The summed E-state index contributed by atoms with van der Waals surface area (Å²) in [4.78, 5) is 35.0. The first kappa shape index (κ1) is 24.6. The largest absolute Gasteiger partial charge is 0.493 e. The zero-order chi connectivity index (χ0) is 22.9. The van der Waals surface area contributed by atoms with Crippen molar-refractivity contribution in [1.29, 1.82) is 0 Å². The highest BCUT2D eigenvalue weighted by atomic mass is 32.2. The fourth-order valence-corrected chi connectivity index (χ4v) is 4.18. The summed E-state index contributed by atoms with van der Waals surface area (Å²) in [7, 11) is 1.76. The van der Waals surface area contributed by atoms with E-state index in [2.05, 4.69) is 10.3 Å². The first-order chi connectivity index (χ1) is 15.5. The lowest BCUT2D eigenvalue weighted by atomic mass is 10.1. The number of rotatable bonds is 13. The van der Waals surface area contributed by atoms with Crippen LogP contribution in [0.2, 0.25) is 0 Å². The maximum atomic E-state index is 12.9. The number of hydrogen-bond donors (Lipinski definition) is 2. The minimum absolute atomic E-state index is 0.139. The van der Waals surface area contributed by atoms with Crippen molar-refractivity contribution in [3.8, 4) is 5.75 Å². The number of carbonyl (C=O) groups is 1. The molecule has 32 heavy (non-hydrogen) atoms. The molecular weight excluding hydrogens is 434 g/mol. The predicted molar refractivity (Wildman–Crippen MR) is 123 cm³/mol. The third-order valence-electron chi connectivity index (χ3n) is 5.23. The van der Waals surface area contributed by atoms with Gasteiger partial charge in [-0.05, 0) is 38.0 Å². The van der Waals surface area contributed by atoms with Gasteiger partial charge in [0.1, 0.15) is 17.6 Å². The van der Waals surface area contributed by atoms with Crippen LogP contribution in [0.1, 0.15) is 57.3 Å². The number of hydrogen-bond acceptors (Lipinski definition) is 9. The third-order valence-corrected chi connectivity index (χ3v) is 6.33. The number of amides is 1. The van der Waals surface area contributed by atoms with Gasteiger partial charge in [-0.1, -0.05) is 25.1 Å². The minimum atomic E-state index is -0.543. The van der Waals surface area contributed by atoms with Gasteiger partial charge in [-0.25, -0.2) is 14.9 Å². The molecule has 1 saturated carbocycles. The first-order valence-corrected chi connectivity index (χ1v) is 12.2. The second kappa shape index (κ2) is 12.3. The third kappa shape index (κ3) is 7.53. The van der Waals surface area contributed by atoms with Gasteiger partial charge in [0.25, 0.3) is 0 Å². The predicted octanol–water partition coefficient (Wildman–Crippen LogP) is 2.49. The summed E-state index contributed by atoms with van der Waals surface area (Å²) in [5, 5.41) is 14.0. The standard InChI is InChI=1S/C22H33N3O6S/c1-3-6-17(19-11-16(12-20(27)31-19)29-13-15-7-8-15)23-21(28)18-14-32-22(24-18)25(2)30-10-5-4-9-26/h11-12,15,17-18,26H,3-10,13-14H2,1-2H3,(H,23,28). The Morgan fingerprint density at radius 1 is 1.41 bits per heavy atom. The summed E-state index contributed by atoms with van der Waals surface area (Å²) in [5.74, 6) is 1.75. The minimum Gasteiger partial charge on any atom is -0.493 e. The van der Waals surface area contributed by atoms with Crippen molar-refractivity contribution in [1.82, 2.24) is 10.4 Å². The van der Waals surface area contributed by atoms with Crippen molar-refractivity contribution in [3.05, 3.63) is 28.3 Å². The molecule has 10 heteroatoms. The van der Waals surface area contributed by atoms with Crippen molar-refractivity contribution < 1.29 is 23.9 Å². The van der Waals surface area contributed by atoms with Gasteiger partial charge in [0, 0.05) is 25.5 Å². The second-order valence-corrected chi connectivity index (χ2v) is 9.11. The Hall–Kier alpha value is -2.04. The Balaban J connectivity index is 1.60. The van der Waals surface area contributed by atoms with Crippen molar-refractivity contribution in [2.75, 3.05) is 32.6 Å². The summed E-state index contributed by atoms with van der Waals surface area (Å²) in [6.07, 6.45) is 5.18. The van der Waals surface area contributed by atoms with Gasteiger partial charge in [-0.2, -0.15) is 0 Å². The molecule has 2 unspecified atom stereocenters. The maximum Gasteiger partial charge on any atom is 0.339 e. The lowest BCUT2D eigenvalue weighted by Gasteiger charge is -2.19. The molecule has 0 aromatic carbocycles. The van der Waals surface area contributed by atoms with Gasteiger partial charge in [-0.15, -0.1) is 0 Å². The molecule has 0 saturated heterocycles.